The molecule has 0 unspecified atom stereocenters. The largest absolute Gasteiger partial charge is 0.401 e. The molecule has 16 heavy (non-hydrogen) atoms. The number of amides is 1. The summed E-state index contributed by atoms with van der Waals surface area (Å²) in [6.45, 7) is 0.408. The third-order valence-corrected chi connectivity index (χ3v) is 1.74. The molecule has 0 saturated carbocycles. The Morgan fingerprint density at radius 2 is 2.06 bits per heavy atom. The summed E-state index contributed by atoms with van der Waals surface area (Å²) in [6.07, 6.45) is -3.75. The van der Waals surface area contributed by atoms with Gasteiger partial charge in [-0.1, -0.05) is 6.92 Å². The van der Waals surface area contributed by atoms with E-state index in [0.717, 1.165) is 4.90 Å². The first-order chi connectivity index (χ1) is 7.39. The van der Waals surface area contributed by atoms with Crippen molar-refractivity contribution in [1.82, 2.24) is 10.2 Å². The van der Waals surface area contributed by atoms with Crippen molar-refractivity contribution in [2.24, 2.45) is 0 Å². The van der Waals surface area contributed by atoms with Crippen molar-refractivity contribution in [3.8, 4) is 0 Å². The van der Waals surface area contributed by atoms with Crippen LogP contribution in [0.5, 0.6) is 0 Å². The number of nitrogens with one attached hydrogen (secondary N) is 1. The van der Waals surface area contributed by atoms with Crippen molar-refractivity contribution < 1.29 is 23.1 Å². The molecule has 0 aromatic rings. The summed E-state index contributed by atoms with van der Waals surface area (Å²) in [5, 5.41) is 10.7. The van der Waals surface area contributed by atoms with E-state index in [1.54, 1.807) is 6.92 Å². The zero-order valence-electron chi connectivity index (χ0n) is 9.18. The third-order valence-electron chi connectivity index (χ3n) is 1.74. The smallest absolute Gasteiger partial charge is 0.395 e. The molecule has 0 saturated heterocycles. The Labute approximate surface area is 92.4 Å². The summed E-state index contributed by atoms with van der Waals surface area (Å²) in [4.78, 5) is 12.2. The number of carbonyl (C=O) groups is 1. The minimum absolute atomic E-state index is 0.0603. The quantitative estimate of drug-likeness (QED) is 0.678. The van der Waals surface area contributed by atoms with E-state index in [1.165, 1.54) is 0 Å². The predicted molar refractivity (Wildman–Crippen MR) is 52.9 cm³/mol. The van der Waals surface area contributed by atoms with Gasteiger partial charge in [0, 0.05) is 6.54 Å². The molecule has 7 heteroatoms. The fourth-order valence-electron chi connectivity index (χ4n) is 1.24. The van der Waals surface area contributed by atoms with Crippen molar-refractivity contribution >= 4 is 5.91 Å². The van der Waals surface area contributed by atoms with Gasteiger partial charge in [0.2, 0.25) is 5.91 Å². The maximum absolute atomic E-state index is 12.1. The number of hydrogen-bond donors (Lipinski definition) is 2. The molecule has 0 spiro atoms. The first-order valence-corrected chi connectivity index (χ1v) is 5.05. The lowest BCUT2D eigenvalue weighted by Crippen LogP contribution is -2.42. The molecule has 0 atom stereocenters. The number of halogens is 3. The van der Waals surface area contributed by atoms with Crippen LogP contribution in [0.2, 0.25) is 0 Å². The highest BCUT2D eigenvalue weighted by Gasteiger charge is 2.30. The Kier molecular flexibility index (Phi) is 7.07. The van der Waals surface area contributed by atoms with Gasteiger partial charge in [-0.3, -0.25) is 9.69 Å². The van der Waals surface area contributed by atoms with Gasteiger partial charge in [0.25, 0.3) is 0 Å². The third kappa shape index (κ3) is 8.49. The molecule has 0 fully saturated rings. The van der Waals surface area contributed by atoms with Crippen molar-refractivity contribution in [2.45, 2.75) is 19.5 Å². The lowest BCUT2D eigenvalue weighted by Gasteiger charge is -2.22. The van der Waals surface area contributed by atoms with E-state index in [1.807, 2.05) is 0 Å². The Hall–Kier alpha value is -0.820. The van der Waals surface area contributed by atoms with Crippen molar-refractivity contribution in [3.05, 3.63) is 0 Å². The van der Waals surface area contributed by atoms with E-state index >= 15 is 0 Å². The number of rotatable bonds is 7. The molecule has 2 N–H and O–H groups in total. The zero-order chi connectivity index (χ0) is 12.6. The molecular formula is C9H17F3N2O2. The molecule has 0 rings (SSSR count). The molecule has 0 aliphatic heterocycles. The van der Waals surface area contributed by atoms with Crippen LogP contribution >= 0.6 is 0 Å². The number of aliphatic hydroxyl groups excluding tert-OH is 1. The van der Waals surface area contributed by atoms with Crippen LogP contribution < -0.4 is 5.32 Å². The van der Waals surface area contributed by atoms with Gasteiger partial charge in [-0.05, 0) is 13.0 Å². The normalized spacial score (nSPS) is 11.9. The first kappa shape index (κ1) is 15.2. The standard InChI is InChI=1S/C9H17F3N2O2/c1-2-4-14(7-9(10,11)12)6-8(16)13-3-5-15/h15H,2-7H2,1H3,(H,13,16). The summed E-state index contributed by atoms with van der Waals surface area (Å²) < 4.78 is 36.4. The Balaban J connectivity index is 4.06. The molecule has 0 aromatic heterocycles. The first-order valence-electron chi connectivity index (χ1n) is 5.05. The topological polar surface area (TPSA) is 52.6 Å². The molecular weight excluding hydrogens is 225 g/mol. The number of nitrogens with zero attached hydrogens (tertiary/aromatic N) is 1. The molecule has 0 radical (unpaired) electrons. The van der Waals surface area contributed by atoms with Crippen molar-refractivity contribution in [3.63, 3.8) is 0 Å². The van der Waals surface area contributed by atoms with Crippen molar-refractivity contribution in [2.75, 3.05) is 32.8 Å². The Morgan fingerprint density at radius 3 is 2.50 bits per heavy atom. The summed E-state index contributed by atoms with van der Waals surface area (Å²) >= 11 is 0. The van der Waals surface area contributed by atoms with E-state index in [-0.39, 0.29) is 26.2 Å². The van der Waals surface area contributed by atoms with Crippen LogP contribution in [0, 0.1) is 0 Å². The van der Waals surface area contributed by atoms with Gasteiger partial charge in [0.15, 0.2) is 0 Å². The minimum Gasteiger partial charge on any atom is -0.395 e. The van der Waals surface area contributed by atoms with Crippen LogP contribution in [0.3, 0.4) is 0 Å². The Morgan fingerprint density at radius 1 is 1.44 bits per heavy atom. The van der Waals surface area contributed by atoms with Gasteiger partial charge >= 0.3 is 6.18 Å². The number of carbonyl (C=O) groups excluding carboxylic acids is 1. The Bertz CT molecular complexity index is 209. The van der Waals surface area contributed by atoms with Crippen LogP contribution in [-0.4, -0.2) is 54.9 Å². The van der Waals surface area contributed by atoms with Gasteiger partial charge in [-0.15, -0.1) is 0 Å². The van der Waals surface area contributed by atoms with Gasteiger partial charge < -0.3 is 10.4 Å². The van der Waals surface area contributed by atoms with Crippen LogP contribution in [0.15, 0.2) is 0 Å². The van der Waals surface area contributed by atoms with Gasteiger partial charge in [0.05, 0.1) is 19.7 Å². The summed E-state index contributed by atoms with van der Waals surface area (Å²) in [6, 6.07) is 0. The fraction of sp³-hybridized carbons (Fsp3) is 0.889. The molecule has 0 bridgehead atoms. The molecule has 0 aliphatic carbocycles. The molecule has 0 heterocycles. The molecule has 4 nitrogen and oxygen atoms in total. The van der Waals surface area contributed by atoms with Crippen LogP contribution in [0.4, 0.5) is 13.2 Å². The predicted octanol–water partition coefficient (Wildman–Crippen LogP) is 0.369. The fourth-order valence-corrected chi connectivity index (χ4v) is 1.24. The average molecular weight is 242 g/mol. The van der Waals surface area contributed by atoms with E-state index in [2.05, 4.69) is 5.32 Å². The maximum Gasteiger partial charge on any atom is 0.401 e. The summed E-state index contributed by atoms with van der Waals surface area (Å²) in [7, 11) is 0. The molecule has 0 aliphatic rings. The van der Waals surface area contributed by atoms with E-state index in [4.69, 9.17) is 5.11 Å². The van der Waals surface area contributed by atoms with Gasteiger partial charge in [-0.2, -0.15) is 13.2 Å². The molecule has 1 amide bonds. The highest BCUT2D eigenvalue weighted by Crippen LogP contribution is 2.16. The molecule has 0 aromatic carbocycles. The van der Waals surface area contributed by atoms with Gasteiger partial charge in [-0.25, -0.2) is 0 Å². The van der Waals surface area contributed by atoms with Crippen molar-refractivity contribution in [1.29, 1.82) is 0 Å². The van der Waals surface area contributed by atoms with Crippen LogP contribution in [0.1, 0.15) is 13.3 Å². The second-order valence-corrected chi connectivity index (χ2v) is 3.40. The SMILES string of the molecule is CCCN(CC(=O)NCCO)CC(F)(F)F. The van der Waals surface area contributed by atoms with E-state index in [0.29, 0.717) is 6.42 Å². The average Bonchev–Trinajstić information content (AvgIpc) is 2.12. The maximum atomic E-state index is 12.1. The van der Waals surface area contributed by atoms with Crippen LogP contribution in [-0.2, 0) is 4.79 Å². The number of hydrogen-bond acceptors (Lipinski definition) is 3. The monoisotopic (exact) mass is 242 g/mol. The second kappa shape index (κ2) is 7.45. The lowest BCUT2D eigenvalue weighted by molar-refractivity contribution is -0.148. The second-order valence-electron chi connectivity index (χ2n) is 3.40. The molecule has 96 valence electrons. The summed E-state index contributed by atoms with van der Waals surface area (Å²) in [5.41, 5.74) is 0. The summed E-state index contributed by atoms with van der Waals surface area (Å²) in [5.74, 6) is -0.508. The number of aliphatic hydroxyl groups is 1. The van der Waals surface area contributed by atoms with Crippen LogP contribution in [0.25, 0.3) is 0 Å². The van der Waals surface area contributed by atoms with E-state index in [9.17, 15) is 18.0 Å². The van der Waals surface area contributed by atoms with E-state index < -0.39 is 18.6 Å². The number of alkyl halides is 3. The zero-order valence-corrected chi connectivity index (χ0v) is 9.18. The van der Waals surface area contributed by atoms with Gasteiger partial charge in [0.1, 0.15) is 0 Å². The lowest BCUT2D eigenvalue weighted by atomic mass is 10.3. The highest BCUT2D eigenvalue weighted by molar-refractivity contribution is 5.77. The minimum atomic E-state index is -4.30. The highest BCUT2D eigenvalue weighted by atomic mass is 19.4.